The summed E-state index contributed by atoms with van der Waals surface area (Å²) < 4.78 is 10.7. The summed E-state index contributed by atoms with van der Waals surface area (Å²) in [5.41, 5.74) is 4.58. The monoisotopic (exact) mass is 452 g/mol. The van der Waals surface area contributed by atoms with Gasteiger partial charge in [0.25, 0.3) is 0 Å². The van der Waals surface area contributed by atoms with E-state index >= 15 is 0 Å². The lowest BCUT2D eigenvalue weighted by Crippen LogP contribution is -2.50. The van der Waals surface area contributed by atoms with Gasteiger partial charge in [-0.2, -0.15) is 0 Å². The molecule has 2 N–H and O–H groups in total. The quantitative estimate of drug-likeness (QED) is 0.669. The summed E-state index contributed by atoms with van der Waals surface area (Å²) in [4.78, 5) is 37.8. The zero-order valence-electron chi connectivity index (χ0n) is 18.5. The number of nitrogens with zero attached hydrogens (tertiary/aromatic N) is 1. The topological polar surface area (TPSA) is 105 Å². The molecule has 1 fully saturated rings. The lowest BCUT2D eigenvalue weighted by Gasteiger charge is -2.32. The number of carboxylic acid groups (broad SMARTS) is 1. The van der Waals surface area contributed by atoms with Crippen LogP contribution in [0.25, 0.3) is 11.1 Å². The maximum atomic E-state index is 12.6. The van der Waals surface area contributed by atoms with Crippen LogP contribution < -0.4 is 5.32 Å². The Kier molecular flexibility index (Phi) is 6.93. The van der Waals surface area contributed by atoms with Gasteiger partial charge in [-0.05, 0) is 28.7 Å². The van der Waals surface area contributed by atoms with Gasteiger partial charge in [-0.25, -0.2) is 9.59 Å². The molecule has 1 saturated heterocycles. The van der Waals surface area contributed by atoms with Crippen molar-refractivity contribution in [3.63, 3.8) is 0 Å². The molecule has 2 aliphatic rings. The van der Waals surface area contributed by atoms with E-state index in [4.69, 9.17) is 14.6 Å². The fraction of sp³-hybridized carbons (Fsp3) is 0.400. The number of nitrogens with one attached hydrogen (secondary N) is 1. The summed E-state index contributed by atoms with van der Waals surface area (Å²) in [6, 6.07) is 15.8. The Bertz CT molecular complexity index is 994. The second kappa shape index (κ2) is 10.0. The van der Waals surface area contributed by atoms with Crippen LogP contribution in [0, 0.1) is 0 Å². The molecule has 0 spiro atoms. The zero-order chi connectivity index (χ0) is 23.4. The summed E-state index contributed by atoms with van der Waals surface area (Å²) in [7, 11) is 0. The van der Waals surface area contributed by atoms with E-state index in [9.17, 15) is 14.4 Å². The Balaban J connectivity index is 1.33. The number of fused-ring (bicyclic) bond motifs is 3. The zero-order valence-corrected chi connectivity index (χ0v) is 18.5. The number of aliphatic carboxylic acids is 1. The number of hydrogen-bond donors (Lipinski definition) is 2. The smallest absolute Gasteiger partial charge is 0.407 e. The van der Waals surface area contributed by atoms with Crippen molar-refractivity contribution in [3.8, 4) is 11.1 Å². The summed E-state index contributed by atoms with van der Waals surface area (Å²) in [5.74, 6) is -1.34. The maximum absolute atomic E-state index is 12.6. The average Bonchev–Trinajstić information content (AvgIpc) is 3.16. The fourth-order valence-corrected chi connectivity index (χ4v) is 4.47. The van der Waals surface area contributed by atoms with Gasteiger partial charge >= 0.3 is 12.1 Å². The fourth-order valence-electron chi connectivity index (χ4n) is 4.47. The van der Waals surface area contributed by atoms with Gasteiger partial charge in [-0.3, -0.25) is 4.79 Å². The van der Waals surface area contributed by atoms with Crippen LogP contribution >= 0.6 is 0 Å². The van der Waals surface area contributed by atoms with E-state index in [-0.39, 0.29) is 38.0 Å². The SMILES string of the molecule is CC[C@H](CC(=O)N1CCOC(C(=O)O)C1)NC(=O)OCC1c2ccccc2-c2ccccc21. The minimum Gasteiger partial charge on any atom is -0.479 e. The first kappa shape index (κ1) is 22.8. The van der Waals surface area contributed by atoms with Crippen LogP contribution in [0.15, 0.2) is 48.5 Å². The van der Waals surface area contributed by atoms with E-state index in [1.54, 1.807) is 0 Å². The van der Waals surface area contributed by atoms with E-state index in [0.29, 0.717) is 13.0 Å². The Morgan fingerprint density at radius 1 is 1.12 bits per heavy atom. The molecule has 0 aromatic heterocycles. The van der Waals surface area contributed by atoms with E-state index in [1.165, 1.54) is 4.90 Å². The lowest BCUT2D eigenvalue weighted by atomic mass is 9.98. The Hall–Kier alpha value is -3.39. The van der Waals surface area contributed by atoms with Gasteiger partial charge in [0.2, 0.25) is 5.91 Å². The third-order valence-corrected chi connectivity index (χ3v) is 6.27. The van der Waals surface area contributed by atoms with Crippen LogP contribution in [0.4, 0.5) is 4.79 Å². The number of hydrogen-bond acceptors (Lipinski definition) is 5. The number of carboxylic acids is 1. The Labute approximate surface area is 192 Å². The molecular formula is C25H28N2O6. The van der Waals surface area contributed by atoms with Gasteiger partial charge in [0, 0.05) is 24.9 Å². The van der Waals surface area contributed by atoms with Crippen molar-refractivity contribution in [1.82, 2.24) is 10.2 Å². The predicted molar refractivity (Wildman–Crippen MR) is 121 cm³/mol. The minimum absolute atomic E-state index is 0.00947. The Morgan fingerprint density at radius 3 is 2.36 bits per heavy atom. The summed E-state index contributed by atoms with van der Waals surface area (Å²) >= 11 is 0. The maximum Gasteiger partial charge on any atom is 0.407 e. The number of carbonyl (C=O) groups excluding carboxylic acids is 2. The first-order chi connectivity index (χ1) is 16.0. The highest BCUT2D eigenvalue weighted by Gasteiger charge is 2.31. The largest absolute Gasteiger partial charge is 0.479 e. The lowest BCUT2D eigenvalue weighted by molar-refractivity contribution is -0.159. The van der Waals surface area contributed by atoms with Crippen LogP contribution in [-0.2, 0) is 19.1 Å². The van der Waals surface area contributed by atoms with Crippen molar-refractivity contribution in [3.05, 3.63) is 59.7 Å². The molecule has 2 amide bonds. The number of carbonyl (C=O) groups is 3. The number of morpholine rings is 1. The number of amides is 2. The van der Waals surface area contributed by atoms with Crippen LogP contribution in [-0.4, -0.2) is 66.4 Å². The molecule has 1 aliphatic heterocycles. The second-order valence-electron chi connectivity index (χ2n) is 8.32. The van der Waals surface area contributed by atoms with Crippen molar-refractivity contribution >= 4 is 18.0 Å². The molecule has 0 radical (unpaired) electrons. The summed E-state index contributed by atoms with van der Waals surface area (Å²) in [6.45, 7) is 2.61. The standard InChI is InChI=1S/C25H28N2O6/c1-2-16(13-23(28)27-11-12-32-22(14-27)24(29)30)26-25(31)33-15-21-19-9-5-3-7-17(19)18-8-4-6-10-20(18)21/h3-10,16,21-22H,2,11-15H2,1H3,(H,26,31)(H,29,30)/t16-,22?/m1/s1. The van der Waals surface area contributed by atoms with Gasteiger partial charge in [0.1, 0.15) is 6.61 Å². The van der Waals surface area contributed by atoms with Crippen molar-refractivity contribution < 1.29 is 29.0 Å². The molecule has 8 nitrogen and oxygen atoms in total. The van der Waals surface area contributed by atoms with Gasteiger partial charge in [-0.15, -0.1) is 0 Å². The molecule has 4 rings (SSSR count). The summed E-state index contributed by atoms with van der Waals surface area (Å²) in [5, 5.41) is 11.9. The molecule has 2 aromatic rings. The first-order valence-corrected chi connectivity index (χ1v) is 11.2. The number of alkyl carbamates (subject to hydrolysis) is 1. The molecule has 0 saturated carbocycles. The van der Waals surface area contributed by atoms with E-state index < -0.39 is 24.2 Å². The molecule has 0 bridgehead atoms. The van der Waals surface area contributed by atoms with Crippen molar-refractivity contribution in [2.75, 3.05) is 26.3 Å². The molecule has 1 heterocycles. The Morgan fingerprint density at radius 2 is 1.76 bits per heavy atom. The van der Waals surface area contributed by atoms with Crippen molar-refractivity contribution in [2.24, 2.45) is 0 Å². The van der Waals surface area contributed by atoms with Crippen molar-refractivity contribution in [1.29, 1.82) is 0 Å². The molecule has 2 aromatic carbocycles. The van der Waals surface area contributed by atoms with E-state index in [2.05, 4.69) is 29.6 Å². The highest BCUT2D eigenvalue weighted by molar-refractivity contribution is 5.80. The molecule has 1 aliphatic carbocycles. The van der Waals surface area contributed by atoms with Gasteiger partial charge in [0.05, 0.1) is 13.2 Å². The van der Waals surface area contributed by atoms with Crippen LogP contribution in [0.1, 0.15) is 36.8 Å². The third-order valence-electron chi connectivity index (χ3n) is 6.27. The van der Waals surface area contributed by atoms with Gasteiger partial charge < -0.3 is 24.8 Å². The number of rotatable bonds is 7. The molecule has 174 valence electrons. The van der Waals surface area contributed by atoms with E-state index in [1.807, 2.05) is 31.2 Å². The average molecular weight is 453 g/mol. The van der Waals surface area contributed by atoms with Crippen LogP contribution in [0.2, 0.25) is 0 Å². The highest BCUT2D eigenvalue weighted by Crippen LogP contribution is 2.44. The first-order valence-electron chi connectivity index (χ1n) is 11.2. The molecular weight excluding hydrogens is 424 g/mol. The van der Waals surface area contributed by atoms with E-state index in [0.717, 1.165) is 22.3 Å². The van der Waals surface area contributed by atoms with Gasteiger partial charge in [-0.1, -0.05) is 55.5 Å². The molecule has 1 unspecified atom stereocenters. The second-order valence-corrected chi connectivity index (χ2v) is 8.32. The van der Waals surface area contributed by atoms with Crippen molar-refractivity contribution in [2.45, 2.75) is 37.8 Å². The molecule has 33 heavy (non-hydrogen) atoms. The normalized spacial score (nSPS) is 18.2. The third kappa shape index (κ3) is 5.01. The predicted octanol–water partition coefficient (Wildman–Crippen LogP) is 3.01. The minimum atomic E-state index is -1.09. The molecule has 8 heteroatoms. The van der Waals surface area contributed by atoms with Crippen LogP contribution in [0.5, 0.6) is 0 Å². The van der Waals surface area contributed by atoms with Gasteiger partial charge in [0.15, 0.2) is 6.10 Å². The number of benzene rings is 2. The number of ether oxygens (including phenoxy) is 2. The van der Waals surface area contributed by atoms with Crippen LogP contribution in [0.3, 0.4) is 0 Å². The highest BCUT2D eigenvalue weighted by atomic mass is 16.5. The summed E-state index contributed by atoms with van der Waals surface area (Å²) in [6.07, 6.45) is -0.963. The molecule has 2 atom stereocenters.